The molecule has 2 N–H and O–H groups in total. The largest absolute Gasteiger partial charge is 0.340 e. The molecule has 0 spiro atoms. The average Bonchev–Trinajstić information content (AvgIpc) is 2.60. The van der Waals surface area contributed by atoms with Gasteiger partial charge in [0.15, 0.2) is 0 Å². The third-order valence-electron chi connectivity index (χ3n) is 3.66. The fourth-order valence-corrected chi connectivity index (χ4v) is 2.55. The lowest BCUT2D eigenvalue weighted by atomic mass is 10.2. The van der Waals surface area contributed by atoms with Crippen LogP contribution in [0.25, 0.3) is 0 Å². The molecule has 0 fully saturated rings. The van der Waals surface area contributed by atoms with Crippen molar-refractivity contribution in [3.05, 3.63) is 76.5 Å². The molecule has 5 nitrogen and oxygen atoms in total. The standard InChI is InChI=1S/C19H16ClFN4O/c1-11-5-3-4-6-16(11)25-18-10-17(22-12(2)23-18)19(26)24-13-7-8-15(21)14(20)9-13/h3-10H,1-2H3,(H,24,26)(H,22,23,25). The van der Waals surface area contributed by atoms with E-state index in [1.54, 1.807) is 13.0 Å². The zero-order valence-electron chi connectivity index (χ0n) is 14.2. The summed E-state index contributed by atoms with van der Waals surface area (Å²) in [5.74, 6) is -0.0294. The molecule has 0 unspecified atom stereocenters. The molecule has 0 bridgehead atoms. The Morgan fingerprint density at radius 3 is 2.58 bits per heavy atom. The number of anilines is 3. The highest BCUT2D eigenvalue weighted by Gasteiger charge is 2.12. The van der Waals surface area contributed by atoms with E-state index in [-0.39, 0.29) is 10.7 Å². The predicted molar refractivity (Wildman–Crippen MR) is 101 cm³/mol. The van der Waals surface area contributed by atoms with Crippen molar-refractivity contribution in [1.82, 2.24) is 9.97 Å². The number of benzene rings is 2. The van der Waals surface area contributed by atoms with Gasteiger partial charge < -0.3 is 10.6 Å². The molecule has 2 aromatic carbocycles. The molecule has 0 saturated heterocycles. The van der Waals surface area contributed by atoms with Crippen molar-refractivity contribution in [2.24, 2.45) is 0 Å². The summed E-state index contributed by atoms with van der Waals surface area (Å²) in [7, 11) is 0. The summed E-state index contributed by atoms with van der Waals surface area (Å²) in [5.41, 5.74) is 2.51. The number of carbonyl (C=O) groups is 1. The molecule has 0 aliphatic heterocycles. The van der Waals surface area contributed by atoms with Crippen LogP contribution in [0.4, 0.5) is 21.6 Å². The second-order valence-electron chi connectivity index (χ2n) is 5.71. The Balaban J connectivity index is 1.83. The number of nitrogens with one attached hydrogen (secondary N) is 2. The van der Waals surface area contributed by atoms with E-state index in [2.05, 4.69) is 20.6 Å². The Hall–Kier alpha value is -2.99. The lowest BCUT2D eigenvalue weighted by Crippen LogP contribution is -2.15. The zero-order valence-corrected chi connectivity index (χ0v) is 14.9. The summed E-state index contributed by atoms with van der Waals surface area (Å²) in [6.45, 7) is 3.68. The van der Waals surface area contributed by atoms with Crippen molar-refractivity contribution in [2.75, 3.05) is 10.6 Å². The first-order chi connectivity index (χ1) is 12.4. The number of rotatable bonds is 4. The van der Waals surface area contributed by atoms with E-state index in [1.165, 1.54) is 18.2 Å². The molecular weight excluding hydrogens is 355 g/mol. The monoisotopic (exact) mass is 370 g/mol. The third kappa shape index (κ3) is 4.15. The Morgan fingerprint density at radius 2 is 1.85 bits per heavy atom. The van der Waals surface area contributed by atoms with E-state index < -0.39 is 11.7 Å². The van der Waals surface area contributed by atoms with Crippen LogP contribution in [0.2, 0.25) is 5.02 Å². The predicted octanol–water partition coefficient (Wildman–Crippen LogP) is 4.88. The number of amides is 1. The van der Waals surface area contributed by atoms with Crippen LogP contribution in [0.15, 0.2) is 48.5 Å². The highest BCUT2D eigenvalue weighted by atomic mass is 35.5. The van der Waals surface area contributed by atoms with Crippen molar-refractivity contribution in [2.45, 2.75) is 13.8 Å². The van der Waals surface area contributed by atoms with Gasteiger partial charge in [0.25, 0.3) is 5.91 Å². The Bertz CT molecular complexity index is 978. The molecule has 132 valence electrons. The molecule has 0 aliphatic rings. The van der Waals surface area contributed by atoms with Gasteiger partial charge in [0, 0.05) is 17.4 Å². The van der Waals surface area contributed by atoms with Crippen molar-refractivity contribution in [3.63, 3.8) is 0 Å². The SMILES string of the molecule is Cc1nc(Nc2ccccc2C)cc(C(=O)Nc2ccc(F)c(Cl)c2)n1. The van der Waals surface area contributed by atoms with E-state index in [4.69, 9.17) is 11.6 Å². The molecule has 0 radical (unpaired) electrons. The van der Waals surface area contributed by atoms with Crippen LogP contribution in [0, 0.1) is 19.7 Å². The fraction of sp³-hybridized carbons (Fsp3) is 0.105. The Morgan fingerprint density at radius 1 is 1.08 bits per heavy atom. The maximum absolute atomic E-state index is 13.2. The van der Waals surface area contributed by atoms with E-state index in [0.717, 1.165) is 11.3 Å². The lowest BCUT2D eigenvalue weighted by molar-refractivity contribution is 0.102. The van der Waals surface area contributed by atoms with Crippen molar-refractivity contribution in [3.8, 4) is 0 Å². The van der Waals surface area contributed by atoms with E-state index in [1.807, 2.05) is 31.2 Å². The Labute approximate surface area is 155 Å². The molecule has 3 aromatic rings. The van der Waals surface area contributed by atoms with Crippen molar-refractivity contribution >= 4 is 34.7 Å². The molecule has 26 heavy (non-hydrogen) atoms. The van der Waals surface area contributed by atoms with Crippen LogP contribution >= 0.6 is 11.6 Å². The van der Waals surface area contributed by atoms with Gasteiger partial charge in [-0.2, -0.15) is 0 Å². The minimum absolute atomic E-state index is 0.0661. The number of aryl methyl sites for hydroxylation is 2. The minimum Gasteiger partial charge on any atom is -0.340 e. The summed E-state index contributed by atoms with van der Waals surface area (Å²) in [6.07, 6.45) is 0. The highest BCUT2D eigenvalue weighted by molar-refractivity contribution is 6.31. The number of aromatic nitrogens is 2. The van der Waals surface area contributed by atoms with Gasteiger partial charge in [-0.3, -0.25) is 4.79 Å². The topological polar surface area (TPSA) is 66.9 Å². The first kappa shape index (κ1) is 17.8. The second kappa shape index (κ2) is 7.49. The molecule has 1 amide bonds. The van der Waals surface area contributed by atoms with Gasteiger partial charge in [-0.15, -0.1) is 0 Å². The average molecular weight is 371 g/mol. The van der Waals surface area contributed by atoms with E-state index >= 15 is 0 Å². The highest BCUT2D eigenvalue weighted by Crippen LogP contribution is 2.21. The first-order valence-electron chi connectivity index (χ1n) is 7.87. The molecule has 7 heteroatoms. The van der Waals surface area contributed by atoms with Crippen LogP contribution in [-0.4, -0.2) is 15.9 Å². The van der Waals surface area contributed by atoms with Gasteiger partial charge in [0.2, 0.25) is 0 Å². The molecule has 0 saturated carbocycles. The van der Waals surface area contributed by atoms with Gasteiger partial charge >= 0.3 is 0 Å². The molecule has 1 aromatic heterocycles. The summed E-state index contributed by atoms with van der Waals surface area (Å²) < 4.78 is 13.2. The number of hydrogen-bond acceptors (Lipinski definition) is 4. The van der Waals surface area contributed by atoms with Gasteiger partial charge in [0.05, 0.1) is 5.02 Å². The quantitative estimate of drug-likeness (QED) is 0.686. The van der Waals surface area contributed by atoms with E-state index in [9.17, 15) is 9.18 Å². The molecule has 1 heterocycles. The van der Waals surface area contributed by atoms with Gasteiger partial charge in [0.1, 0.15) is 23.2 Å². The number of hydrogen-bond donors (Lipinski definition) is 2. The molecule has 3 rings (SSSR count). The lowest BCUT2D eigenvalue weighted by Gasteiger charge is -2.11. The number of halogens is 2. The Kier molecular flexibility index (Phi) is 5.14. The molecular formula is C19H16ClFN4O. The summed E-state index contributed by atoms with van der Waals surface area (Å²) in [4.78, 5) is 20.9. The van der Waals surface area contributed by atoms with Crippen molar-refractivity contribution in [1.29, 1.82) is 0 Å². The molecule has 0 aliphatic carbocycles. The summed E-state index contributed by atoms with van der Waals surface area (Å²) in [5, 5.41) is 5.77. The van der Waals surface area contributed by atoms with Crippen LogP contribution in [0.1, 0.15) is 21.9 Å². The third-order valence-corrected chi connectivity index (χ3v) is 3.95. The van der Waals surface area contributed by atoms with Gasteiger partial charge in [-0.1, -0.05) is 29.8 Å². The van der Waals surface area contributed by atoms with Crippen LogP contribution < -0.4 is 10.6 Å². The number of para-hydroxylation sites is 1. The smallest absolute Gasteiger partial charge is 0.274 e. The maximum Gasteiger partial charge on any atom is 0.274 e. The summed E-state index contributed by atoms with van der Waals surface area (Å²) in [6, 6.07) is 13.3. The summed E-state index contributed by atoms with van der Waals surface area (Å²) >= 11 is 5.74. The van der Waals surface area contributed by atoms with Crippen molar-refractivity contribution < 1.29 is 9.18 Å². The molecule has 0 atom stereocenters. The number of carbonyl (C=O) groups excluding carboxylic acids is 1. The van der Waals surface area contributed by atoms with Crippen LogP contribution in [0.3, 0.4) is 0 Å². The van der Waals surface area contributed by atoms with Gasteiger partial charge in [-0.25, -0.2) is 14.4 Å². The van der Waals surface area contributed by atoms with Crippen LogP contribution in [0.5, 0.6) is 0 Å². The second-order valence-corrected chi connectivity index (χ2v) is 6.12. The van der Waals surface area contributed by atoms with E-state index in [0.29, 0.717) is 17.3 Å². The first-order valence-corrected chi connectivity index (χ1v) is 8.25. The maximum atomic E-state index is 13.2. The zero-order chi connectivity index (χ0) is 18.7. The minimum atomic E-state index is -0.549. The number of nitrogens with zero attached hydrogens (tertiary/aromatic N) is 2. The van der Waals surface area contributed by atoms with Crippen LogP contribution in [-0.2, 0) is 0 Å². The van der Waals surface area contributed by atoms with Gasteiger partial charge in [-0.05, 0) is 43.7 Å². The normalized spacial score (nSPS) is 10.5. The fourth-order valence-electron chi connectivity index (χ4n) is 2.37.